The third-order valence-corrected chi connectivity index (χ3v) is 2.49. The van der Waals surface area contributed by atoms with Crippen molar-refractivity contribution < 1.29 is 9.53 Å². The van der Waals surface area contributed by atoms with Gasteiger partial charge in [-0.15, -0.1) is 0 Å². The van der Waals surface area contributed by atoms with Gasteiger partial charge in [0.2, 0.25) is 0 Å². The molecule has 96 valence electrons. The summed E-state index contributed by atoms with van der Waals surface area (Å²) in [5, 5.41) is 0. The van der Waals surface area contributed by atoms with Crippen molar-refractivity contribution in [3.8, 4) is 0 Å². The molecule has 2 heteroatoms. The van der Waals surface area contributed by atoms with Crippen LogP contribution in [0.2, 0.25) is 0 Å². The Balaban J connectivity index is 4.52. The molecule has 0 amide bonds. The molecule has 0 aliphatic carbocycles. The summed E-state index contributed by atoms with van der Waals surface area (Å²) in [5.74, 6) is -0.0633. The van der Waals surface area contributed by atoms with Crippen LogP contribution in [0, 0.1) is 10.8 Å². The van der Waals surface area contributed by atoms with Gasteiger partial charge in [-0.05, 0) is 23.7 Å². The zero-order valence-electron chi connectivity index (χ0n) is 12.0. The lowest BCUT2D eigenvalue weighted by molar-refractivity contribution is -0.156. The lowest BCUT2D eigenvalue weighted by atomic mass is 9.78. The van der Waals surface area contributed by atoms with Crippen molar-refractivity contribution in [1.29, 1.82) is 0 Å². The van der Waals surface area contributed by atoms with Gasteiger partial charge < -0.3 is 4.74 Å². The standard InChI is InChI=1S/C14H28O2/c1-8-9-12(15)16-11(14(5,6)7)10-13(2,3)4/h11H,8-10H2,1-7H3. The van der Waals surface area contributed by atoms with Gasteiger partial charge in [0.1, 0.15) is 6.10 Å². The van der Waals surface area contributed by atoms with Crippen molar-refractivity contribution in [3.05, 3.63) is 0 Å². The molecule has 0 rings (SSSR count). The van der Waals surface area contributed by atoms with Crippen LogP contribution in [0.15, 0.2) is 0 Å². The summed E-state index contributed by atoms with van der Waals surface area (Å²) in [6.45, 7) is 14.9. The van der Waals surface area contributed by atoms with E-state index < -0.39 is 0 Å². The van der Waals surface area contributed by atoms with Crippen LogP contribution in [0.3, 0.4) is 0 Å². The van der Waals surface area contributed by atoms with Gasteiger partial charge in [0.25, 0.3) is 0 Å². The van der Waals surface area contributed by atoms with E-state index in [0.717, 1.165) is 12.8 Å². The summed E-state index contributed by atoms with van der Waals surface area (Å²) in [6, 6.07) is 0. The monoisotopic (exact) mass is 228 g/mol. The van der Waals surface area contributed by atoms with Crippen molar-refractivity contribution >= 4 is 5.97 Å². The highest BCUT2D eigenvalue weighted by Gasteiger charge is 2.31. The fraction of sp³-hybridized carbons (Fsp3) is 0.929. The second-order valence-corrected chi connectivity index (χ2v) is 6.86. The highest BCUT2D eigenvalue weighted by molar-refractivity contribution is 5.69. The van der Waals surface area contributed by atoms with Gasteiger partial charge in [-0.3, -0.25) is 4.79 Å². The molecule has 0 radical (unpaired) electrons. The Hall–Kier alpha value is -0.530. The summed E-state index contributed by atoms with van der Waals surface area (Å²) in [6.07, 6.45) is 2.29. The molecule has 1 unspecified atom stereocenters. The van der Waals surface area contributed by atoms with E-state index in [0.29, 0.717) is 6.42 Å². The number of carbonyl (C=O) groups excluding carboxylic acids is 1. The van der Waals surface area contributed by atoms with Gasteiger partial charge in [0, 0.05) is 6.42 Å². The first-order chi connectivity index (χ1) is 7.06. The topological polar surface area (TPSA) is 26.3 Å². The average molecular weight is 228 g/mol. The van der Waals surface area contributed by atoms with Crippen LogP contribution in [0.5, 0.6) is 0 Å². The SMILES string of the molecule is CCCC(=O)OC(CC(C)(C)C)C(C)(C)C. The summed E-state index contributed by atoms with van der Waals surface area (Å²) in [7, 11) is 0. The van der Waals surface area contributed by atoms with Crippen LogP contribution in [-0.2, 0) is 9.53 Å². The van der Waals surface area contributed by atoms with E-state index in [9.17, 15) is 4.79 Å². The van der Waals surface area contributed by atoms with Crippen molar-refractivity contribution in [3.63, 3.8) is 0 Å². The van der Waals surface area contributed by atoms with Gasteiger partial charge >= 0.3 is 5.97 Å². The van der Waals surface area contributed by atoms with Gasteiger partial charge in [-0.2, -0.15) is 0 Å². The number of carbonyl (C=O) groups is 1. The molecule has 16 heavy (non-hydrogen) atoms. The van der Waals surface area contributed by atoms with Crippen LogP contribution >= 0.6 is 0 Å². The molecule has 0 aliphatic rings. The number of esters is 1. The molecule has 0 saturated heterocycles. The number of hydrogen-bond acceptors (Lipinski definition) is 2. The summed E-state index contributed by atoms with van der Waals surface area (Å²) >= 11 is 0. The Kier molecular flexibility index (Phi) is 5.51. The highest BCUT2D eigenvalue weighted by atomic mass is 16.5. The van der Waals surface area contributed by atoms with Crippen LogP contribution in [0.1, 0.15) is 67.7 Å². The maximum absolute atomic E-state index is 11.6. The van der Waals surface area contributed by atoms with Crippen molar-refractivity contribution in [2.24, 2.45) is 10.8 Å². The molecular formula is C14H28O2. The van der Waals surface area contributed by atoms with Crippen molar-refractivity contribution in [2.45, 2.75) is 73.8 Å². The zero-order valence-corrected chi connectivity index (χ0v) is 12.0. The van der Waals surface area contributed by atoms with E-state index in [1.54, 1.807) is 0 Å². The quantitative estimate of drug-likeness (QED) is 0.675. The smallest absolute Gasteiger partial charge is 0.306 e. The van der Waals surface area contributed by atoms with Crippen LogP contribution in [-0.4, -0.2) is 12.1 Å². The first-order valence-corrected chi connectivity index (χ1v) is 6.26. The third-order valence-electron chi connectivity index (χ3n) is 2.49. The Labute approximate surface area is 101 Å². The Bertz CT molecular complexity index is 218. The maximum atomic E-state index is 11.6. The molecule has 0 spiro atoms. The molecule has 0 aliphatic heterocycles. The predicted octanol–water partition coefficient (Wildman–Crippen LogP) is 4.18. The summed E-state index contributed by atoms with van der Waals surface area (Å²) in [4.78, 5) is 11.6. The number of hydrogen-bond donors (Lipinski definition) is 0. The van der Waals surface area contributed by atoms with Gasteiger partial charge in [0.05, 0.1) is 0 Å². The summed E-state index contributed by atoms with van der Waals surface area (Å²) in [5.41, 5.74) is 0.196. The largest absolute Gasteiger partial charge is 0.462 e. The van der Waals surface area contributed by atoms with E-state index in [2.05, 4.69) is 41.5 Å². The molecule has 0 heterocycles. The van der Waals surface area contributed by atoms with E-state index >= 15 is 0 Å². The second-order valence-electron chi connectivity index (χ2n) is 6.86. The zero-order chi connectivity index (χ0) is 13.0. The molecule has 0 aromatic heterocycles. The van der Waals surface area contributed by atoms with E-state index in [1.165, 1.54) is 0 Å². The molecule has 0 bridgehead atoms. The maximum Gasteiger partial charge on any atom is 0.306 e. The lowest BCUT2D eigenvalue weighted by Crippen LogP contribution is -2.35. The van der Waals surface area contributed by atoms with E-state index in [1.807, 2.05) is 6.92 Å². The molecule has 0 fully saturated rings. The first kappa shape index (κ1) is 15.5. The number of ether oxygens (including phenoxy) is 1. The molecule has 0 aromatic carbocycles. The van der Waals surface area contributed by atoms with Gasteiger partial charge in [0.15, 0.2) is 0 Å². The highest BCUT2D eigenvalue weighted by Crippen LogP contribution is 2.33. The average Bonchev–Trinajstić information content (AvgIpc) is 1.98. The van der Waals surface area contributed by atoms with Crippen LogP contribution in [0.4, 0.5) is 0 Å². The number of rotatable bonds is 4. The molecule has 0 N–H and O–H groups in total. The van der Waals surface area contributed by atoms with Crippen molar-refractivity contribution in [2.75, 3.05) is 0 Å². The fourth-order valence-electron chi connectivity index (χ4n) is 1.50. The van der Waals surface area contributed by atoms with E-state index in [-0.39, 0.29) is 22.9 Å². The Morgan fingerprint density at radius 2 is 1.62 bits per heavy atom. The first-order valence-electron chi connectivity index (χ1n) is 6.26. The predicted molar refractivity (Wildman–Crippen MR) is 68.3 cm³/mol. The summed E-state index contributed by atoms with van der Waals surface area (Å²) < 4.78 is 5.59. The van der Waals surface area contributed by atoms with Crippen molar-refractivity contribution in [1.82, 2.24) is 0 Å². The molecule has 0 saturated carbocycles. The minimum absolute atomic E-state index is 0.00606. The Morgan fingerprint density at radius 1 is 1.12 bits per heavy atom. The Morgan fingerprint density at radius 3 is 1.94 bits per heavy atom. The van der Waals surface area contributed by atoms with Crippen LogP contribution in [0.25, 0.3) is 0 Å². The van der Waals surface area contributed by atoms with E-state index in [4.69, 9.17) is 4.74 Å². The minimum Gasteiger partial charge on any atom is -0.462 e. The van der Waals surface area contributed by atoms with Crippen LogP contribution < -0.4 is 0 Å². The molecule has 1 atom stereocenters. The third kappa shape index (κ3) is 6.86. The van der Waals surface area contributed by atoms with Gasteiger partial charge in [-0.1, -0.05) is 48.5 Å². The molecule has 0 aromatic rings. The molecule has 2 nitrogen and oxygen atoms in total. The molecular weight excluding hydrogens is 200 g/mol. The second kappa shape index (κ2) is 5.70. The minimum atomic E-state index is -0.0633. The fourth-order valence-corrected chi connectivity index (χ4v) is 1.50. The lowest BCUT2D eigenvalue weighted by Gasteiger charge is -2.35. The van der Waals surface area contributed by atoms with Gasteiger partial charge in [-0.25, -0.2) is 0 Å². The normalized spacial score (nSPS) is 14.7.